The van der Waals surface area contributed by atoms with E-state index in [1.54, 1.807) is 24.3 Å². The molecule has 3 aromatic rings. The average Bonchev–Trinajstić information content (AvgIpc) is 3.06. The number of hydrogen-bond acceptors (Lipinski definition) is 2. The Kier molecular flexibility index (Phi) is 4.69. The fourth-order valence-corrected chi connectivity index (χ4v) is 2.42. The second kappa shape index (κ2) is 6.80. The maximum atomic E-state index is 13.7. The van der Waals surface area contributed by atoms with Crippen LogP contribution in [0, 0.1) is 5.82 Å². The molecule has 134 valence electrons. The van der Waals surface area contributed by atoms with Crippen LogP contribution in [0.5, 0.6) is 0 Å². The highest BCUT2D eigenvalue weighted by molar-refractivity contribution is 6.32. The summed E-state index contributed by atoms with van der Waals surface area (Å²) < 4.78 is 53.2. The standard InChI is InChI=1S/C17H10ClF4N3O/c18-11-3-1-2-4-15(11)25-8-7-13(24-25)16(26)23-14-9-10(17(20,21)22)5-6-12(14)19/h1-9H,(H,23,26). The van der Waals surface area contributed by atoms with Crippen molar-refractivity contribution in [2.24, 2.45) is 0 Å². The Morgan fingerprint density at radius 1 is 1.12 bits per heavy atom. The van der Waals surface area contributed by atoms with Crippen molar-refractivity contribution in [1.29, 1.82) is 0 Å². The second-order valence-corrected chi connectivity index (χ2v) is 5.65. The number of nitrogens with zero attached hydrogens (tertiary/aromatic N) is 2. The van der Waals surface area contributed by atoms with Crippen LogP contribution in [-0.2, 0) is 6.18 Å². The molecular weight excluding hydrogens is 374 g/mol. The minimum atomic E-state index is -4.65. The first-order chi connectivity index (χ1) is 12.3. The van der Waals surface area contributed by atoms with Crippen molar-refractivity contribution in [3.05, 3.63) is 76.8 Å². The number of carbonyl (C=O) groups is 1. The molecule has 0 aliphatic rings. The predicted molar refractivity (Wildman–Crippen MR) is 87.9 cm³/mol. The van der Waals surface area contributed by atoms with Gasteiger partial charge in [0.2, 0.25) is 0 Å². The molecule has 0 atom stereocenters. The predicted octanol–water partition coefficient (Wildman–Crippen LogP) is 4.94. The van der Waals surface area contributed by atoms with Gasteiger partial charge in [-0.1, -0.05) is 23.7 Å². The summed E-state index contributed by atoms with van der Waals surface area (Å²) in [5.74, 6) is -1.84. The molecule has 1 amide bonds. The Morgan fingerprint density at radius 3 is 2.54 bits per heavy atom. The van der Waals surface area contributed by atoms with E-state index in [4.69, 9.17) is 11.6 Å². The highest BCUT2D eigenvalue weighted by Crippen LogP contribution is 2.32. The van der Waals surface area contributed by atoms with Gasteiger partial charge in [0.1, 0.15) is 5.82 Å². The van der Waals surface area contributed by atoms with E-state index in [1.807, 2.05) is 0 Å². The number of benzene rings is 2. The van der Waals surface area contributed by atoms with Crippen molar-refractivity contribution in [2.75, 3.05) is 5.32 Å². The lowest BCUT2D eigenvalue weighted by atomic mass is 10.2. The Bertz CT molecular complexity index is 969. The number of para-hydroxylation sites is 1. The first-order valence-electron chi connectivity index (χ1n) is 7.24. The third kappa shape index (κ3) is 3.70. The molecule has 0 radical (unpaired) electrons. The van der Waals surface area contributed by atoms with Crippen molar-refractivity contribution in [3.8, 4) is 5.69 Å². The zero-order valence-electron chi connectivity index (χ0n) is 12.9. The molecule has 0 saturated heterocycles. The fraction of sp³-hybridized carbons (Fsp3) is 0.0588. The SMILES string of the molecule is O=C(Nc1cc(C(F)(F)F)ccc1F)c1ccn(-c2ccccc2Cl)n1. The van der Waals surface area contributed by atoms with Crippen LogP contribution in [0.3, 0.4) is 0 Å². The number of hydrogen-bond donors (Lipinski definition) is 1. The van der Waals surface area contributed by atoms with E-state index >= 15 is 0 Å². The largest absolute Gasteiger partial charge is 0.416 e. The molecule has 0 spiro atoms. The number of aromatic nitrogens is 2. The zero-order chi connectivity index (χ0) is 18.9. The summed E-state index contributed by atoms with van der Waals surface area (Å²) in [7, 11) is 0. The van der Waals surface area contributed by atoms with E-state index in [0.717, 1.165) is 0 Å². The van der Waals surface area contributed by atoms with E-state index in [9.17, 15) is 22.4 Å². The number of rotatable bonds is 3. The number of amides is 1. The maximum Gasteiger partial charge on any atom is 0.416 e. The van der Waals surface area contributed by atoms with Crippen molar-refractivity contribution >= 4 is 23.2 Å². The molecule has 0 unspecified atom stereocenters. The zero-order valence-corrected chi connectivity index (χ0v) is 13.6. The number of alkyl halides is 3. The van der Waals surface area contributed by atoms with Gasteiger partial charge in [-0.2, -0.15) is 18.3 Å². The average molecular weight is 384 g/mol. The van der Waals surface area contributed by atoms with Crippen LogP contribution >= 0.6 is 11.6 Å². The van der Waals surface area contributed by atoms with Crippen molar-refractivity contribution in [1.82, 2.24) is 9.78 Å². The minimum Gasteiger partial charge on any atom is -0.318 e. The second-order valence-electron chi connectivity index (χ2n) is 5.24. The van der Waals surface area contributed by atoms with Crippen LogP contribution in [0.25, 0.3) is 5.69 Å². The van der Waals surface area contributed by atoms with E-state index in [2.05, 4.69) is 10.4 Å². The maximum absolute atomic E-state index is 13.7. The molecule has 0 fully saturated rings. The van der Waals surface area contributed by atoms with Crippen LogP contribution < -0.4 is 5.32 Å². The Morgan fingerprint density at radius 2 is 1.85 bits per heavy atom. The summed E-state index contributed by atoms with van der Waals surface area (Å²) in [6.45, 7) is 0. The lowest BCUT2D eigenvalue weighted by Crippen LogP contribution is -2.15. The summed E-state index contributed by atoms with van der Waals surface area (Å²) in [5, 5.41) is 6.50. The molecule has 1 aromatic heterocycles. The molecule has 9 heteroatoms. The fourth-order valence-electron chi connectivity index (χ4n) is 2.20. The topological polar surface area (TPSA) is 46.9 Å². The number of halogens is 5. The van der Waals surface area contributed by atoms with Crippen LogP contribution in [-0.4, -0.2) is 15.7 Å². The van der Waals surface area contributed by atoms with Crippen LogP contribution in [0.1, 0.15) is 16.1 Å². The van der Waals surface area contributed by atoms with Crippen LogP contribution in [0.4, 0.5) is 23.2 Å². The molecule has 0 aliphatic heterocycles. The van der Waals surface area contributed by atoms with Gasteiger partial charge in [0, 0.05) is 6.20 Å². The smallest absolute Gasteiger partial charge is 0.318 e. The summed E-state index contributed by atoms with van der Waals surface area (Å²) in [6, 6.07) is 9.85. The van der Waals surface area contributed by atoms with E-state index in [1.165, 1.54) is 16.9 Å². The van der Waals surface area contributed by atoms with Crippen LogP contribution in [0.2, 0.25) is 5.02 Å². The van der Waals surface area contributed by atoms with Crippen molar-refractivity contribution in [2.45, 2.75) is 6.18 Å². The highest BCUT2D eigenvalue weighted by Gasteiger charge is 2.31. The molecule has 1 heterocycles. The molecular formula is C17H10ClF4N3O. The normalized spacial score (nSPS) is 11.4. The molecule has 3 rings (SSSR count). The molecule has 26 heavy (non-hydrogen) atoms. The Hall–Kier alpha value is -2.87. The Balaban J connectivity index is 1.85. The molecule has 4 nitrogen and oxygen atoms in total. The van der Waals surface area contributed by atoms with Gasteiger partial charge in [-0.3, -0.25) is 4.79 Å². The van der Waals surface area contributed by atoms with Gasteiger partial charge in [-0.15, -0.1) is 0 Å². The summed E-state index contributed by atoms with van der Waals surface area (Å²) in [4.78, 5) is 12.2. The molecule has 1 N–H and O–H groups in total. The number of carbonyl (C=O) groups excluding carboxylic acids is 1. The lowest BCUT2D eigenvalue weighted by molar-refractivity contribution is -0.137. The third-order valence-electron chi connectivity index (χ3n) is 3.46. The minimum absolute atomic E-state index is 0.110. The first-order valence-corrected chi connectivity index (χ1v) is 7.62. The molecule has 0 bridgehead atoms. The van der Waals surface area contributed by atoms with Gasteiger partial charge in [-0.25, -0.2) is 9.07 Å². The first kappa shape index (κ1) is 17.9. The van der Waals surface area contributed by atoms with Gasteiger partial charge in [-0.05, 0) is 36.4 Å². The van der Waals surface area contributed by atoms with Gasteiger partial charge in [0.15, 0.2) is 5.69 Å². The van der Waals surface area contributed by atoms with Crippen molar-refractivity contribution < 1.29 is 22.4 Å². The van der Waals surface area contributed by atoms with Gasteiger partial charge in [0.25, 0.3) is 5.91 Å². The van der Waals surface area contributed by atoms with E-state index < -0.39 is 29.2 Å². The summed E-state index contributed by atoms with van der Waals surface area (Å²) in [5.41, 5.74) is -1.26. The number of anilines is 1. The monoisotopic (exact) mass is 383 g/mol. The van der Waals surface area contributed by atoms with Crippen molar-refractivity contribution in [3.63, 3.8) is 0 Å². The van der Waals surface area contributed by atoms with Gasteiger partial charge < -0.3 is 5.32 Å². The molecule has 0 saturated carbocycles. The molecule has 2 aromatic carbocycles. The van der Waals surface area contributed by atoms with E-state index in [0.29, 0.717) is 28.9 Å². The summed E-state index contributed by atoms with van der Waals surface area (Å²) >= 11 is 6.04. The number of nitrogens with one attached hydrogen (secondary N) is 1. The Labute approximate surface area is 150 Å². The highest BCUT2D eigenvalue weighted by atomic mass is 35.5. The van der Waals surface area contributed by atoms with Gasteiger partial charge >= 0.3 is 6.18 Å². The van der Waals surface area contributed by atoms with E-state index in [-0.39, 0.29) is 5.69 Å². The van der Waals surface area contributed by atoms with Crippen LogP contribution in [0.15, 0.2) is 54.7 Å². The quantitative estimate of drug-likeness (QED) is 0.651. The molecule has 0 aliphatic carbocycles. The third-order valence-corrected chi connectivity index (χ3v) is 3.78. The lowest BCUT2D eigenvalue weighted by Gasteiger charge is -2.10. The summed E-state index contributed by atoms with van der Waals surface area (Å²) in [6.07, 6.45) is -3.20. The van der Waals surface area contributed by atoms with Gasteiger partial charge in [0.05, 0.1) is 22.0 Å².